The Balaban J connectivity index is 1.78. The largest absolute Gasteiger partial charge is 0.446 e. The van der Waals surface area contributed by atoms with Crippen LogP contribution in [0.25, 0.3) is 0 Å². The Morgan fingerprint density at radius 3 is 2.62 bits per heavy atom. The number of benzene rings is 1. The smallest absolute Gasteiger partial charge is 0.414 e. The molecule has 1 aromatic carbocycles. The van der Waals surface area contributed by atoms with Gasteiger partial charge in [-0.25, -0.2) is 4.79 Å². The quantitative estimate of drug-likeness (QED) is 0.756. The van der Waals surface area contributed by atoms with Gasteiger partial charge in [-0.1, -0.05) is 57.5 Å². The summed E-state index contributed by atoms with van der Waals surface area (Å²) in [7, 11) is 0. The van der Waals surface area contributed by atoms with E-state index in [2.05, 4.69) is 20.8 Å². The van der Waals surface area contributed by atoms with Gasteiger partial charge in [0.25, 0.3) is 0 Å². The van der Waals surface area contributed by atoms with E-state index in [1.807, 2.05) is 30.3 Å². The maximum Gasteiger partial charge on any atom is 0.414 e. The van der Waals surface area contributed by atoms with Crippen LogP contribution in [0.15, 0.2) is 42.6 Å². The summed E-state index contributed by atoms with van der Waals surface area (Å²) in [6, 6.07) is 9.41. The third-order valence-electron chi connectivity index (χ3n) is 5.76. The fourth-order valence-corrected chi connectivity index (χ4v) is 4.21. The molecule has 1 amide bonds. The van der Waals surface area contributed by atoms with Crippen molar-refractivity contribution in [3.63, 3.8) is 0 Å². The van der Waals surface area contributed by atoms with Crippen LogP contribution in [-0.4, -0.2) is 22.9 Å². The molecule has 0 saturated heterocycles. The fraction of sp³-hybridized carbons (Fsp3) is 0.545. The van der Waals surface area contributed by atoms with E-state index in [0.29, 0.717) is 24.2 Å². The molecular weight excluding hydrogens is 326 g/mol. The molecule has 4 nitrogen and oxygen atoms in total. The van der Waals surface area contributed by atoms with Crippen LogP contribution in [-0.2, 0) is 9.53 Å². The van der Waals surface area contributed by atoms with Gasteiger partial charge in [-0.05, 0) is 42.2 Å². The summed E-state index contributed by atoms with van der Waals surface area (Å²) >= 11 is 0. The van der Waals surface area contributed by atoms with E-state index in [9.17, 15) is 9.59 Å². The first-order valence-corrected chi connectivity index (χ1v) is 9.70. The van der Waals surface area contributed by atoms with Crippen molar-refractivity contribution < 1.29 is 14.3 Å². The van der Waals surface area contributed by atoms with Crippen LogP contribution in [0.5, 0.6) is 0 Å². The summed E-state index contributed by atoms with van der Waals surface area (Å²) in [5.41, 5.74) is 0.958. The molecule has 1 heterocycles. The zero-order valence-electron chi connectivity index (χ0n) is 15.9. The molecule has 0 bridgehead atoms. The van der Waals surface area contributed by atoms with Gasteiger partial charge in [0, 0.05) is 12.6 Å². The molecule has 0 radical (unpaired) electrons. The van der Waals surface area contributed by atoms with Gasteiger partial charge in [0.1, 0.15) is 6.10 Å². The van der Waals surface area contributed by atoms with Gasteiger partial charge in [-0.3, -0.25) is 9.69 Å². The van der Waals surface area contributed by atoms with Gasteiger partial charge in [0.2, 0.25) is 0 Å². The maximum atomic E-state index is 13.0. The van der Waals surface area contributed by atoms with Crippen LogP contribution < -0.4 is 0 Å². The van der Waals surface area contributed by atoms with Crippen molar-refractivity contribution >= 4 is 11.9 Å². The molecule has 1 aliphatic carbocycles. The number of hydrogen-bond acceptors (Lipinski definition) is 3. The molecule has 26 heavy (non-hydrogen) atoms. The topological polar surface area (TPSA) is 46.6 Å². The average Bonchev–Trinajstić information content (AvgIpc) is 2.62. The minimum atomic E-state index is -0.340. The van der Waals surface area contributed by atoms with Crippen molar-refractivity contribution in [3.8, 4) is 0 Å². The molecule has 0 N–H and O–H groups in total. The lowest BCUT2D eigenvalue weighted by molar-refractivity contribution is -0.116. The molecule has 2 aliphatic rings. The van der Waals surface area contributed by atoms with E-state index >= 15 is 0 Å². The Hall–Kier alpha value is -2.10. The number of nitrogens with zero attached hydrogens (tertiary/aromatic N) is 1. The second kappa shape index (κ2) is 8.07. The van der Waals surface area contributed by atoms with Crippen LogP contribution in [0.4, 0.5) is 4.79 Å². The first-order chi connectivity index (χ1) is 12.5. The molecule has 1 fully saturated rings. The monoisotopic (exact) mass is 355 g/mol. The fourth-order valence-electron chi connectivity index (χ4n) is 4.21. The van der Waals surface area contributed by atoms with Gasteiger partial charge >= 0.3 is 6.09 Å². The molecular formula is C22H29NO3. The predicted octanol–water partition coefficient (Wildman–Crippen LogP) is 5.11. The molecule has 1 saturated carbocycles. The molecule has 4 heteroatoms. The Kier molecular flexibility index (Phi) is 5.80. The maximum absolute atomic E-state index is 13.0. The first-order valence-electron chi connectivity index (χ1n) is 9.70. The van der Waals surface area contributed by atoms with E-state index in [1.165, 1.54) is 12.5 Å². The Morgan fingerprint density at radius 2 is 1.92 bits per heavy atom. The lowest BCUT2D eigenvalue weighted by Crippen LogP contribution is -2.41. The minimum absolute atomic E-state index is 0.0363. The number of hydrogen-bond donors (Lipinski definition) is 0. The van der Waals surface area contributed by atoms with Crippen LogP contribution in [0.2, 0.25) is 0 Å². The third-order valence-corrected chi connectivity index (χ3v) is 5.76. The zero-order valence-corrected chi connectivity index (χ0v) is 15.9. The van der Waals surface area contributed by atoms with E-state index in [1.54, 1.807) is 11.1 Å². The van der Waals surface area contributed by atoms with Gasteiger partial charge < -0.3 is 4.74 Å². The highest BCUT2D eigenvalue weighted by molar-refractivity contribution is 5.92. The molecule has 0 spiro atoms. The summed E-state index contributed by atoms with van der Waals surface area (Å²) < 4.78 is 5.99. The van der Waals surface area contributed by atoms with Crippen molar-refractivity contribution in [3.05, 3.63) is 48.2 Å². The molecule has 4 atom stereocenters. The van der Waals surface area contributed by atoms with Crippen LogP contribution in [0.3, 0.4) is 0 Å². The van der Waals surface area contributed by atoms with E-state index < -0.39 is 0 Å². The van der Waals surface area contributed by atoms with Gasteiger partial charge in [0.15, 0.2) is 5.78 Å². The number of rotatable bonds is 3. The third kappa shape index (κ3) is 4.17. The predicted molar refractivity (Wildman–Crippen MR) is 101 cm³/mol. The molecule has 0 aromatic heterocycles. The Labute approximate surface area is 156 Å². The summed E-state index contributed by atoms with van der Waals surface area (Å²) in [5, 5.41) is 0. The number of allylic oxidation sites excluding steroid dienone is 1. The lowest BCUT2D eigenvalue weighted by atomic mass is 9.75. The lowest BCUT2D eigenvalue weighted by Gasteiger charge is -2.38. The molecule has 140 valence electrons. The van der Waals surface area contributed by atoms with Crippen molar-refractivity contribution in [2.24, 2.45) is 17.8 Å². The van der Waals surface area contributed by atoms with Crippen molar-refractivity contribution in [2.45, 2.75) is 58.6 Å². The second-order valence-electron chi connectivity index (χ2n) is 8.07. The van der Waals surface area contributed by atoms with Crippen LogP contribution in [0.1, 0.15) is 58.1 Å². The van der Waals surface area contributed by atoms with Crippen LogP contribution >= 0.6 is 0 Å². The number of ether oxygens (including phenoxy) is 1. The normalized spacial score (nSPS) is 29.1. The number of amides is 1. The molecule has 3 rings (SSSR count). The number of carbonyl (C=O) groups is 2. The summed E-state index contributed by atoms with van der Waals surface area (Å²) in [6.45, 7) is 6.63. The summed E-state index contributed by atoms with van der Waals surface area (Å²) in [4.78, 5) is 26.5. The van der Waals surface area contributed by atoms with E-state index in [0.717, 1.165) is 18.4 Å². The average molecular weight is 355 g/mol. The summed E-state index contributed by atoms with van der Waals surface area (Å²) in [5.74, 6) is 1.50. The summed E-state index contributed by atoms with van der Waals surface area (Å²) in [6.07, 6.45) is 6.19. The second-order valence-corrected chi connectivity index (χ2v) is 8.07. The molecule has 0 unspecified atom stereocenters. The highest BCUT2D eigenvalue weighted by Crippen LogP contribution is 2.37. The highest BCUT2D eigenvalue weighted by atomic mass is 16.6. The standard InChI is InChI=1S/C22H29NO3/c1-15(2)19-10-9-16(3)13-21(19)26-22(25)23-12-11-18(24)14-20(23)17-7-5-4-6-8-17/h4-8,11-12,15-16,19-21H,9-10,13-14H2,1-3H3/t16-,19+,20-,21-/m1/s1. The highest BCUT2D eigenvalue weighted by Gasteiger charge is 2.36. The number of carbonyl (C=O) groups excluding carboxylic acids is 2. The number of ketones is 1. The molecule has 1 aliphatic heterocycles. The van der Waals surface area contributed by atoms with Gasteiger partial charge in [0.05, 0.1) is 6.04 Å². The van der Waals surface area contributed by atoms with E-state index in [-0.39, 0.29) is 24.0 Å². The van der Waals surface area contributed by atoms with Crippen molar-refractivity contribution in [1.29, 1.82) is 0 Å². The Morgan fingerprint density at radius 1 is 1.19 bits per heavy atom. The SMILES string of the molecule is CC(C)[C@@H]1CC[C@@H](C)C[C@H]1OC(=O)N1C=CC(=O)C[C@@H]1c1ccccc1. The van der Waals surface area contributed by atoms with Crippen LogP contribution in [0, 0.1) is 17.8 Å². The Bertz CT molecular complexity index is 667. The van der Waals surface area contributed by atoms with Gasteiger partial charge in [-0.2, -0.15) is 0 Å². The van der Waals surface area contributed by atoms with Crippen molar-refractivity contribution in [1.82, 2.24) is 4.90 Å². The minimum Gasteiger partial charge on any atom is -0.446 e. The van der Waals surface area contributed by atoms with Crippen molar-refractivity contribution in [2.75, 3.05) is 0 Å². The first kappa shape index (κ1) is 18.7. The van der Waals surface area contributed by atoms with Gasteiger partial charge in [-0.15, -0.1) is 0 Å². The zero-order chi connectivity index (χ0) is 18.7. The van der Waals surface area contributed by atoms with E-state index in [4.69, 9.17) is 4.74 Å². The molecule has 1 aromatic rings.